The Morgan fingerprint density at radius 2 is 0.750 bits per heavy atom. The van der Waals surface area contributed by atoms with Crippen LogP contribution in [0.1, 0.15) is 116 Å². The summed E-state index contributed by atoms with van der Waals surface area (Å²) in [6.45, 7) is 29.3. The van der Waals surface area contributed by atoms with E-state index in [1.807, 2.05) is 44.2 Å². The lowest BCUT2D eigenvalue weighted by atomic mass is 9.80. The number of benzene rings is 3. The van der Waals surface area contributed by atoms with E-state index in [2.05, 4.69) is 95.2 Å². The second-order valence-corrected chi connectivity index (χ2v) is 16.2. The van der Waals surface area contributed by atoms with Crippen LogP contribution in [0.2, 0.25) is 0 Å². The third-order valence-electron chi connectivity index (χ3n) is 7.05. The first-order valence-corrected chi connectivity index (χ1v) is 14.9. The molecule has 3 N–H and O–H groups in total. The minimum atomic E-state index is -0.118. The van der Waals surface area contributed by atoms with E-state index in [0.717, 1.165) is 43.2 Å². The Bertz CT molecular complexity index is 1240. The minimum Gasteiger partial charge on any atom is -0.507 e. The number of phenolic OH excluding ortho intramolecular Hbond substituents is 3. The van der Waals surface area contributed by atoms with Gasteiger partial charge in [0.2, 0.25) is 0 Å². The van der Waals surface area contributed by atoms with Gasteiger partial charge in [-0.05, 0) is 82.0 Å². The molecule has 0 aliphatic rings. The molecule has 0 amide bonds. The summed E-state index contributed by atoms with van der Waals surface area (Å²) in [5.74, 6) is 1.22. The molecule has 3 aromatic carbocycles. The standard InChI is InChI=1S/C22H30O2S.C14H22O/c1-13-9-15(11-17(19(13)23)21(3,4)5)25-16-10-14(2)20(24)18(12-16)22(6,7)8;1-13(2,3)10-8-7-9-11(12(10)15)14(4,5)6/h9-12,23-24H,1-8H3;7-9,15H,1-6H3. The van der Waals surface area contributed by atoms with Gasteiger partial charge in [0, 0.05) is 20.9 Å². The summed E-state index contributed by atoms with van der Waals surface area (Å²) in [5.41, 5.74) is 5.49. The normalized spacial score (nSPS) is 12.7. The molecule has 0 unspecified atom stereocenters. The smallest absolute Gasteiger partial charge is 0.123 e. The summed E-state index contributed by atoms with van der Waals surface area (Å²) in [6.07, 6.45) is 0. The molecule has 0 radical (unpaired) electrons. The van der Waals surface area contributed by atoms with E-state index in [1.54, 1.807) is 11.8 Å². The SMILES string of the molecule is CC(C)(C)c1cccc(C(C)(C)C)c1O.Cc1cc(Sc2cc(C)c(O)c(C(C)(C)C)c2)cc(C(C)(C)C)c1O. The molecule has 3 nitrogen and oxygen atoms in total. The number of rotatable bonds is 2. The summed E-state index contributed by atoms with van der Waals surface area (Å²) in [5, 5.41) is 31.1. The highest BCUT2D eigenvalue weighted by atomic mass is 32.2. The molecule has 0 heterocycles. The number of aromatic hydroxyl groups is 3. The van der Waals surface area contributed by atoms with Crippen molar-refractivity contribution in [2.75, 3.05) is 0 Å². The van der Waals surface area contributed by atoms with E-state index in [0.29, 0.717) is 17.2 Å². The van der Waals surface area contributed by atoms with Crippen LogP contribution in [-0.4, -0.2) is 15.3 Å². The monoisotopic (exact) mass is 564 g/mol. The first-order valence-electron chi connectivity index (χ1n) is 14.1. The topological polar surface area (TPSA) is 60.7 Å². The van der Waals surface area contributed by atoms with Crippen molar-refractivity contribution in [3.63, 3.8) is 0 Å². The van der Waals surface area contributed by atoms with Crippen LogP contribution in [0, 0.1) is 13.8 Å². The average Bonchev–Trinajstić information content (AvgIpc) is 2.76. The Labute approximate surface area is 248 Å². The van der Waals surface area contributed by atoms with Crippen molar-refractivity contribution in [3.8, 4) is 17.2 Å². The molecule has 3 rings (SSSR count). The van der Waals surface area contributed by atoms with Crippen molar-refractivity contribution >= 4 is 11.8 Å². The van der Waals surface area contributed by atoms with Crippen molar-refractivity contribution < 1.29 is 15.3 Å². The van der Waals surface area contributed by atoms with E-state index < -0.39 is 0 Å². The van der Waals surface area contributed by atoms with Gasteiger partial charge in [0.1, 0.15) is 17.2 Å². The van der Waals surface area contributed by atoms with Crippen LogP contribution in [0.4, 0.5) is 0 Å². The maximum atomic E-state index is 10.4. The van der Waals surface area contributed by atoms with Crippen LogP contribution in [-0.2, 0) is 21.7 Å². The fraction of sp³-hybridized carbons (Fsp3) is 0.500. The van der Waals surface area contributed by atoms with Crippen molar-refractivity contribution in [1.82, 2.24) is 0 Å². The summed E-state index contributed by atoms with van der Waals surface area (Å²) in [7, 11) is 0. The quantitative estimate of drug-likeness (QED) is 0.290. The molecule has 0 atom stereocenters. The van der Waals surface area contributed by atoms with Gasteiger partial charge in [0.25, 0.3) is 0 Å². The predicted molar refractivity (Wildman–Crippen MR) is 173 cm³/mol. The maximum Gasteiger partial charge on any atom is 0.123 e. The summed E-state index contributed by atoms with van der Waals surface area (Å²) in [6, 6.07) is 14.2. The molecule has 4 heteroatoms. The van der Waals surface area contributed by atoms with Crippen molar-refractivity contribution in [2.24, 2.45) is 0 Å². The summed E-state index contributed by atoms with van der Waals surface area (Å²) < 4.78 is 0. The van der Waals surface area contributed by atoms with Crippen LogP contribution in [0.5, 0.6) is 17.2 Å². The third-order valence-corrected chi connectivity index (χ3v) is 7.99. The first kappa shape index (κ1) is 33.6. The average molecular weight is 565 g/mol. The molecule has 0 bridgehead atoms. The molecule has 220 valence electrons. The van der Waals surface area contributed by atoms with Gasteiger partial charge in [0.15, 0.2) is 0 Å². The van der Waals surface area contributed by atoms with Crippen LogP contribution in [0.3, 0.4) is 0 Å². The van der Waals surface area contributed by atoms with E-state index in [9.17, 15) is 15.3 Å². The van der Waals surface area contributed by atoms with Crippen LogP contribution in [0.15, 0.2) is 52.3 Å². The maximum absolute atomic E-state index is 10.4. The number of phenols is 3. The number of para-hydroxylation sites is 1. The number of hydrogen-bond donors (Lipinski definition) is 3. The number of hydrogen-bond acceptors (Lipinski definition) is 4. The first-order chi connectivity index (χ1) is 17.9. The molecule has 0 fully saturated rings. The van der Waals surface area contributed by atoms with Crippen molar-refractivity contribution in [3.05, 3.63) is 75.8 Å². The molecule has 0 spiro atoms. The van der Waals surface area contributed by atoms with Gasteiger partial charge in [-0.1, -0.05) is 113 Å². The fourth-order valence-electron chi connectivity index (χ4n) is 4.64. The highest BCUT2D eigenvalue weighted by Gasteiger charge is 2.25. The van der Waals surface area contributed by atoms with Crippen LogP contribution >= 0.6 is 11.8 Å². The van der Waals surface area contributed by atoms with Gasteiger partial charge < -0.3 is 15.3 Å². The molecule has 40 heavy (non-hydrogen) atoms. The van der Waals surface area contributed by atoms with Gasteiger partial charge in [-0.2, -0.15) is 0 Å². The summed E-state index contributed by atoms with van der Waals surface area (Å²) in [4.78, 5) is 2.20. The minimum absolute atomic E-state index is 0.00859. The van der Waals surface area contributed by atoms with Gasteiger partial charge in [-0.25, -0.2) is 0 Å². The largest absolute Gasteiger partial charge is 0.507 e. The Balaban J connectivity index is 0.000000319. The molecule has 0 aromatic heterocycles. The van der Waals surface area contributed by atoms with Gasteiger partial charge in [-0.15, -0.1) is 0 Å². The Hall–Kier alpha value is -2.59. The molecule has 3 aromatic rings. The van der Waals surface area contributed by atoms with E-state index in [-0.39, 0.29) is 21.7 Å². The second kappa shape index (κ2) is 11.7. The van der Waals surface area contributed by atoms with Gasteiger partial charge >= 0.3 is 0 Å². The molecule has 0 saturated carbocycles. The van der Waals surface area contributed by atoms with Crippen LogP contribution in [0.25, 0.3) is 0 Å². The van der Waals surface area contributed by atoms with Crippen molar-refractivity contribution in [2.45, 2.75) is 128 Å². The lowest BCUT2D eigenvalue weighted by Gasteiger charge is -2.26. The van der Waals surface area contributed by atoms with E-state index >= 15 is 0 Å². The molecule has 0 aliphatic carbocycles. The lowest BCUT2D eigenvalue weighted by molar-refractivity contribution is 0.423. The highest BCUT2D eigenvalue weighted by molar-refractivity contribution is 7.99. The molecule has 0 saturated heterocycles. The molecule has 0 aliphatic heterocycles. The lowest BCUT2D eigenvalue weighted by Crippen LogP contribution is -2.16. The third kappa shape index (κ3) is 8.22. The van der Waals surface area contributed by atoms with Crippen LogP contribution < -0.4 is 0 Å². The Morgan fingerprint density at radius 3 is 1.02 bits per heavy atom. The second-order valence-electron chi connectivity index (χ2n) is 15.1. The Kier molecular flexibility index (Phi) is 9.85. The highest BCUT2D eigenvalue weighted by Crippen LogP contribution is 2.42. The Morgan fingerprint density at radius 1 is 0.450 bits per heavy atom. The summed E-state index contributed by atoms with van der Waals surface area (Å²) >= 11 is 1.67. The molecular formula is C36H52O3S. The molecular weight excluding hydrogens is 512 g/mol. The van der Waals surface area contributed by atoms with Gasteiger partial charge in [0.05, 0.1) is 0 Å². The van der Waals surface area contributed by atoms with E-state index in [4.69, 9.17) is 0 Å². The van der Waals surface area contributed by atoms with E-state index in [1.165, 1.54) is 0 Å². The zero-order valence-corrected chi connectivity index (χ0v) is 28.1. The predicted octanol–water partition coefficient (Wildman–Crippen LogP) is 10.4. The van der Waals surface area contributed by atoms with Crippen molar-refractivity contribution in [1.29, 1.82) is 0 Å². The number of aryl methyl sites for hydroxylation is 2. The zero-order chi connectivity index (χ0) is 31.0. The fourth-order valence-corrected chi connectivity index (χ4v) is 5.74. The van der Waals surface area contributed by atoms with Gasteiger partial charge in [-0.3, -0.25) is 0 Å². The zero-order valence-electron chi connectivity index (χ0n) is 27.3.